The summed E-state index contributed by atoms with van der Waals surface area (Å²) in [5.41, 5.74) is 5.35. The molecule has 0 N–H and O–H groups in total. The number of imide groups is 1. The van der Waals surface area contributed by atoms with Gasteiger partial charge in [0.1, 0.15) is 10.6 Å². The predicted molar refractivity (Wildman–Crippen MR) is 132 cm³/mol. The molecule has 8 heteroatoms. The highest BCUT2D eigenvalue weighted by Crippen LogP contribution is 2.38. The van der Waals surface area contributed by atoms with E-state index in [-0.39, 0.29) is 18.4 Å². The van der Waals surface area contributed by atoms with Crippen LogP contribution in [0, 0.1) is 13.8 Å². The minimum atomic E-state index is -0.318. The van der Waals surface area contributed by atoms with Crippen molar-refractivity contribution >= 4 is 35.2 Å². The molecule has 34 heavy (non-hydrogen) atoms. The van der Waals surface area contributed by atoms with Gasteiger partial charge in [0.05, 0.1) is 6.54 Å². The van der Waals surface area contributed by atoms with Crippen LogP contribution in [0.15, 0.2) is 70.4 Å². The van der Waals surface area contributed by atoms with Gasteiger partial charge in [0.25, 0.3) is 11.8 Å². The van der Waals surface area contributed by atoms with Gasteiger partial charge in [-0.15, -0.1) is 0 Å². The SMILES string of the molecule is Cc1cc(C)nc(SC2=C(N3CCc4ccccc4C3)C(=O)N(Cc3ccc(Cl)cc3)C2=O)n1. The van der Waals surface area contributed by atoms with E-state index in [0.717, 1.165) is 23.4 Å². The van der Waals surface area contributed by atoms with Crippen LogP contribution >= 0.6 is 23.4 Å². The lowest BCUT2D eigenvalue weighted by Gasteiger charge is -2.31. The lowest BCUT2D eigenvalue weighted by molar-refractivity contribution is -0.138. The van der Waals surface area contributed by atoms with Crippen LogP contribution in [0.3, 0.4) is 0 Å². The van der Waals surface area contributed by atoms with Crippen LogP contribution in [0.1, 0.15) is 28.1 Å². The first-order valence-electron chi connectivity index (χ1n) is 11.1. The van der Waals surface area contributed by atoms with Crippen molar-refractivity contribution in [2.24, 2.45) is 0 Å². The van der Waals surface area contributed by atoms with Crippen LogP contribution in [0.25, 0.3) is 0 Å². The molecule has 0 fully saturated rings. The van der Waals surface area contributed by atoms with Crippen molar-refractivity contribution in [3.05, 3.63) is 98.3 Å². The summed E-state index contributed by atoms with van der Waals surface area (Å²) in [6.07, 6.45) is 0.816. The first-order valence-corrected chi connectivity index (χ1v) is 12.3. The Morgan fingerprint density at radius 3 is 2.32 bits per heavy atom. The van der Waals surface area contributed by atoms with Gasteiger partial charge in [0.2, 0.25) is 0 Å². The Morgan fingerprint density at radius 2 is 1.62 bits per heavy atom. The summed E-state index contributed by atoms with van der Waals surface area (Å²) < 4.78 is 0. The van der Waals surface area contributed by atoms with Gasteiger partial charge in [-0.05, 0) is 66.9 Å². The van der Waals surface area contributed by atoms with E-state index in [9.17, 15) is 9.59 Å². The number of aromatic nitrogens is 2. The van der Waals surface area contributed by atoms with Crippen LogP contribution in [-0.4, -0.2) is 38.1 Å². The van der Waals surface area contributed by atoms with Gasteiger partial charge < -0.3 is 4.90 Å². The molecule has 0 radical (unpaired) electrons. The number of carbonyl (C=O) groups excluding carboxylic acids is 2. The molecule has 0 bridgehead atoms. The monoisotopic (exact) mass is 490 g/mol. The highest BCUT2D eigenvalue weighted by molar-refractivity contribution is 8.04. The highest BCUT2D eigenvalue weighted by atomic mass is 35.5. The summed E-state index contributed by atoms with van der Waals surface area (Å²) in [7, 11) is 0. The number of nitrogens with zero attached hydrogens (tertiary/aromatic N) is 4. The number of rotatable bonds is 5. The van der Waals surface area contributed by atoms with Gasteiger partial charge in [-0.25, -0.2) is 9.97 Å². The summed E-state index contributed by atoms with van der Waals surface area (Å²) in [5, 5.41) is 1.08. The number of halogens is 1. The first-order chi connectivity index (χ1) is 16.4. The van der Waals surface area contributed by atoms with Crippen molar-refractivity contribution in [3.63, 3.8) is 0 Å². The number of aryl methyl sites for hydroxylation is 2. The fourth-order valence-corrected chi connectivity index (χ4v) is 5.54. The zero-order valence-corrected chi connectivity index (χ0v) is 20.5. The third kappa shape index (κ3) is 4.45. The fourth-order valence-electron chi connectivity index (χ4n) is 4.35. The molecule has 0 atom stereocenters. The molecule has 2 amide bonds. The second kappa shape index (κ2) is 9.24. The van der Waals surface area contributed by atoms with Crippen molar-refractivity contribution in [1.82, 2.24) is 19.8 Å². The van der Waals surface area contributed by atoms with Crippen molar-refractivity contribution < 1.29 is 9.59 Å². The molecular formula is C26H23ClN4O2S. The van der Waals surface area contributed by atoms with E-state index in [1.165, 1.54) is 27.8 Å². The topological polar surface area (TPSA) is 66.4 Å². The fraction of sp³-hybridized carbons (Fsp3) is 0.231. The van der Waals surface area contributed by atoms with Gasteiger partial charge >= 0.3 is 0 Å². The first kappa shape index (κ1) is 22.6. The van der Waals surface area contributed by atoms with Gasteiger partial charge in [-0.1, -0.05) is 48.0 Å². The zero-order valence-electron chi connectivity index (χ0n) is 18.9. The van der Waals surface area contributed by atoms with E-state index in [1.807, 2.05) is 49.1 Å². The largest absolute Gasteiger partial charge is 0.361 e. The second-order valence-corrected chi connectivity index (χ2v) is 9.89. The van der Waals surface area contributed by atoms with E-state index in [2.05, 4.69) is 22.1 Å². The van der Waals surface area contributed by atoms with Crippen LogP contribution < -0.4 is 0 Å². The lowest BCUT2D eigenvalue weighted by atomic mass is 9.99. The quantitative estimate of drug-likeness (QED) is 0.382. The molecule has 0 saturated heterocycles. The smallest absolute Gasteiger partial charge is 0.278 e. The van der Waals surface area contributed by atoms with Crippen LogP contribution in [0.2, 0.25) is 5.02 Å². The van der Waals surface area contributed by atoms with Gasteiger partial charge in [-0.3, -0.25) is 14.5 Å². The molecule has 3 heterocycles. The Bertz CT molecular complexity index is 1300. The Hall–Kier alpha value is -3.16. The summed E-state index contributed by atoms with van der Waals surface area (Å²) in [6.45, 7) is 5.21. The van der Waals surface area contributed by atoms with Gasteiger partial charge in [0, 0.05) is 29.5 Å². The molecule has 2 aliphatic rings. The molecule has 5 rings (SSSR count). The molecule has 0 saturated carbocycles. The molecule has 2 aliphatic heterocycles. The molecule has 0 aliphatic carbocycles. The van der Waals surface area contributed by atoms with E-state index in [4.69, 9.17) is 11.6 Å². The Kier molecular flexibility index (Phi) is 6.15. The normalized spacial score (nSPS) is 15.9. The van der Waals surface area contributed by atoms with Crippen LogP contribution in [-0.2, 0) is 29.1 Å². The third-order valence-electron chi connectivity index (χ3n) is 5.96. The standard InChI is InChI=1S/C26H23ClN4O2S/c1-16-13-17(2)29-26(28-16)34-23-22(30-12-11-19-5-3-4-6-20(19)15-30)24(32)31(25(23)33)14-18-7-9-21(27)10-8-18/h3-10,13H,11-12,14-15H2,1-2H3. The number of fused-ring (bicyclic) bond motifs is 1. The van der Waals surface area contributed by atoms with Gasteiger partial charge in [0.15, 0.2) is 5.16 Å². The zero-order chi connectivity index (χ0) is 23.8. The molecule has 0 spiro atoms. The lowest BCUT2D eigenvalue weighted by Crippen LogP contribution is -2.37. The summed E-state index contributed by atoms with van der Waals surface area (Å²) in [4.78, 5) is 39.9. The van der Waals surface area contributed by atoms with E-state index >= 15 is 0 Å². The molecule has 172 valence electrons. The van der Waals surface area contributed by atoms with Crippen molar-refractivity contribution in [1.29, 1.82) is 0 Å². The second-order valence-electron chi connectivity index (χ2n) is 8.48. The van der Waals surface area contributed by atoms with Crippen molar-refractivity contribution in [3.8, 4) is 0 Å². The maximum absolute atomic E-state index is 13.7. The average molecular weight is 491 g/mol. The molecule has 3 aromatic rings. The van der Waals surface area contributed by atoms with Gasteiger partial charge in [-0.2, -0.15) is 0 Å². The van der Waals surface area contributed by atoms with Crippen molar-refractivity contribution in [2.75, 3.05) is 6.54 Å². The maximum atomic E-state index is 13.7. The summed E-state index contributed by atoms with van der Waals surface area (Å²) in [6, 6.07) is 17.3. The molecule has 1 aromatic heterocycles. The number of amides is 2. The average Bonchev–Trinajstić information content (AvgIpc) is 3.03. The third-order valence-corrected chi connectivity index (χ3v) is 7.15. The Morgan fingerprint density at radius 1 is 0.941 bits per heavy atom. The molecule has 2 aromatic carbocycles. The van der Waals surface area contributed by atoms with Crippen LogP contribution in [0.4, 0.5) is 0 Å². The maximum Gasteiger partial charge on any atom is 0.278 e. The molecular weight excluding hydrogens is 468 g/mol. The minimum Gasteiger partial charge on any atom is -0.361 e. The number of hydrogen-bond acceptors (Lipinski definition) is 6. The Labute approximate surface area is 207 Å². The number of thioether (sulfide) groups is 1. The number of hydrogen-bond donors (Lipinski definition) is 0. The van der Waals surface area contributed by atoms with E-state index in [1.54, 1.807) is 12.1 Å². The number of benzene rings is 2. The summed E-state index contributed by atoms with van der Waals surface area (Å²) in [5.74, 6) is -0.604. The minimum absolute atomic E-state index is 0.181. The van der Waals surface area contributed by atoms with Crippen LogP contribution in [0.5, 0.6) is 0 Å². The Balaban J connectivity index is 1.51. The van der Waals surface area contributed by atoms with Crippen molar-refractivity contribution in [2.45, 2.75) is 38.5 Å². The van der Waals surface area contributed by atoms with E-state index < -0.39 is 0 Å². The predicted octanol–water partition coefficient (Wildman–Crippen LogP) is 4.68. The molecule has 0 unspecified atom stereocenters. The molecule has 6 nitrogen and oxygen atoms in total. The van der Waals surface area contributed by atoms with E-state index in [0.29, 0.717) is 33.9 Å². The number of carbonyl (C=O) groups is 2. The highest BCUT2D eigenvalue weighted by Gasteiger charge is 2.42. The summed E-state index contributed by atoms with van der Waals surface area (Å²) >= 11 is 7.18.